The molecule has 0 radical (unpaired) electrons. The molecule has 0 rings (SSSR count). The fourth-order valence-corrected chi connectivity index (χ4v) is 2.30. The van der Waals surface area contributed by atoms with E-state index in [1.165, 1.54) is 6.92 Å². The lowest BCUT2D eigenvalue weighted by Crippen LogP contribution is -2.59. The average molecular weight is 433 g/mol. The Labute approximate surface area is 173 Å². The first-order valence-electron chi connectivity index (χ1n) is 9.32. The molecule has 0 fully saturated rings. The molecule has 0 aliphatic rings. The first-order chi connectivity index (χ1) is 13.8. The largest absolute Gasteiger partial charge is 0.480 e. The lowest BCUT2D eigenvalue weighted by molar-refractivity contribution is -0.144. The van der Waals surface area contributed by atoms with E-state index in [9.17, 15) is 39.3 Å². The molecule has 0 saturated carbocycles. The Bertz CT molecular complexity index is 642. The highest BCUT2D eigenvalue weighted by Gasteiger charge is 2.32. The number of hydrogen-bond donors (Lipinski definition) is 8. The molecule has 172 valence electrons. The summed E-state index contributed by atoms with van der Waals surface area (Å²) in [5.41, 5.74) is 10.5. The highest BCUT2D eigenvalue weighted by molar-refractivity contribution is 5.96. The third kappa shape index (κ3) is 8.71. The van der Waals surface area contributed by atoms with Gasteiger partial charge in [-0.2, -0.15) is 0 Å². The van der Waals surface area contributed by atoms with E-state index in [4.69, 9.17) is 11.5 Å². The number of aliphatic hydroxyl groups is 2. The summed E-state index contributed by atoms with van der Waals surface area (Å²) >= 11 is 0. The van der Waals surface area contributed by atoms with Gasteiger partial charge in [-0.3, -0.25) is 19.2 Å². The molecule has 0 aromatic carbocycles. The van der Waals surface area contributed by atoms with E-state index in [0.29, 0.717) is 6.42 Å². The van der Waals surface area contributed by atoms with E-state index < -0.39 is 78.8 Å². The predicted octanol–water partition coefficient (Wildman–Crippen LogP) is -3.85. The summed E-state index contributed by atoms with van der Waals surface area (Å²) in [5, 5.41) is 34.6. The Kier molecular flexibility index (Phi) is 11.5. The summed E-state index contributed by atoms with van der Waals surface area (Å²) in [4.78, 5) is 59.3. The van der Waals surface area contributed by atoms with Crippen molar-refractivity contribution in [3.05, 3.63) is 0 Å². The number of primary amides is 1. The number of aliphatic hydroxyl groups excluding tert-OH is 2. The minimum atomic E-state index is -1.55. The third-order valence-electron chi connectivity index (χ3n) is 4.45. The normalized spacial score (nSPS) is 16.9. The van der Waals surface area contributed by atoms with Crippen LogP contribution in [0.4, 0.5) is 0 Å². The van der Waals surface area contributed by atoms with Crippen molar-refractivity contribution < 1.29 is 39.3 Å². The van der Waals surface area contributed by atoms with Gasteiger partial charge in [-0.15, -0.1) is 0 Å². The van der Waals surface area contributed by atoms with Crippen LogP contribution in [0.2, 0.25) is 0 Å². The molecule has 6 atom stereocenters. The van der Waals surface area contributed by atoms with Crippen molar-refractivity contribution in [2.75, 3.05) is 6.61 Å². The predicted molar refractivity (Wildman–Crippen MR) is 103 cm³/mol. The lowest BCUT2D eigenvalue weighted by atomic mass is 9.99. The maximum absolute atomic E-state index is 12.4. The number of carbonyl (C=O) groups excluding carboxylic acids is 4. The van der Waals surface area contributed by atoms with Crippen LogP contribution in [-0.4, -0.2) is 81.8 Å². The topological polar surface area (TPSA) is 234 Å². The lowest BCUT2D eigenvalue weighted by Gasteiger charge is -2.25. The molecule has 0 aromatic rings. The van der Waals surface area contributed by atoms with E-state index >= 15 is 0 Å². The number of nitrogens with one attached hydrogen (secondary N) is 3. The van der Waals surface area contributed by atoms with Crippen molar-refractivity contribution >= 4 is 29.6 Å². The smallest absolute Gasteiger partial charge is 0.326 e. The van der Waals surface area contributed by atoms with Gasteiger partial charge in [0.1, 0.15) is 24.2 Å². The van der Waals surface area contributed by atoms with E-state index in [-0.39, 0.29) is 0 Å². The van der Waals surface area contributed by atoms with Crippen LogP contribution in [-0.2, 0) is 24.0 Å². The molecule has 0 unspecified atom stereocenters. The Morgan fingerprint density at radius 1 is 0.933 bits per heavy atom. The van der Waals surface area contributed by atoms with Gasteiger partial charge in [0.05, 0.1) is 19.1 Å². The van der Waals surface area contributed by atoms with Crippen molar-refractivity contribution in [2.24, 2.45) is 17.4 Å². The third-order valence-corrected chi connectivity index (χ3v) is 4.45. The van der Waals surface area contributed by atoms with Crippen LogP contribution in [0.5, 0.6) is 0 Å². The van der Waals surface area contributed by atoms with E-state index in [0.717, 1.165) is 0 Å². The standard InChI is InChI=1S/C17H31N5O8/c1-4-7(2)13(17(29)30)22-15(27)10(6-23)21-14(26)9(5-11(18)25)20-16(28)12(19)8(3)24/h7-10,12-13,23-24H,4-6,19H2,1-3H3,(H2,18,25)(H,20,28)(H,21,26)(H,22,27)(H,29,30)/t7-,8+,9-,10-,12-,13-/m0/s1. The van der Waals surface area contributed by atoms with Crippen LogP contribution >= 0.6 is 0 Å². The zero-order chi connectivity index (χ0) is 23.6. The van der Waals surface area contributed by atoms with Crippen LogP contribution in [0.25, 0.3) is 0 Å². The Hall–Kier alpha value is -2.77. The van der Waals surface area contributed by atoms with E-state index in [1.807, 2.05) is 0 Å². The summed E-state index contributed by atoms with van der Waals surface area (Å²) < 4.78 is 0. The highest BCUT2D eigenvalue weighted by atomic mass is 16.4. The number of rotatable bonds is 13. The van der Waals surface area contributed by atoms with Crippen molar-refractivity contribution in [1.29, 1.82) is 0 Å². The number of carbonyl (C=O) groups is 5. The summed E-state index contributed by atoms with van der Waals surface area (Å²) in [7, 11) is 0. The fourth-order valence-electron chi connectivity index (χ4n) is 2.30. The number of carboxylic acid groups (broad SMARTS) is 1. The number of aliphatic carboxylic acids is 1. The maximum Gasteiger partial charge on any atom is 0.326 e. The molecule has 0 heterocycles. The van der Waals surface area contributed by atoms with Gasteiger partial charge in [0.2, 0.25) is 23.6 Å². The van der Waals surface area contributed by atoms with Crippen molar-refractivity contribution in [1.82, 2.24) is 16.0 Å². The molecule has 0 aliphatic carbocycles. The van der Waals surface area contributed by atoms with Crippen LogP contribution in [0.1, 0.15) is 33.6 Å². The van der Waals surface area contributed by atoms with Gasteiger partial charge < -0.3 is 42.7 Å². The van der Waals surface area contributed by atoms with Gasteiger partial charge in [-0.1, -0.05) is 20.3 Å². The van der Waals surface area contributed by atoms with Gasteiger partial charge in [-0.05, 0) is 12.8 Å². The fraction of sp³-hybridized carbons (Fsp3) is 0.706. The minimum absolute atomic E-state index is 0.426. The van der Waals surface area contributed by atoms with Gasteiger partial charge in [0, 0.05) is 0 Å². The SMILES string of the molecule is CC[C@H](C)[C@H](NC(=O)[C@H](CO)NC(=O)[C@H](CC(N)=O)NC(=O)[C@@H](N)[C@@H](C)O)C(=O)O. The first kappa shape index (κ1) is 27.2. The maximum atomic E-state index is 12.4. The van der Waals surface area contributed by atoms with Gasteiger partial charge >= 0.3 is 5.97 Å². The number of carboxylic acids is 1. The molecular weight excluding hydrogens is 402 g/mol. The molecule has 13 heteroatoms. The van der Waals surface area contributed by atoms with E-state index in [2.05, 4.69) is 16.0 Å². The summed E-state index contributed by atoms with van der Waals surface area (Å²) in [6.45, 7) is 3.70. The molecule has 30 heavy (non-hydrogen) atoms. The number of nitrogens with two attached hydrogens (primary N) is 2. The second-order valence-electron chi connectivity index (χ2n) is 6.95. The van der Waals surface area contributed by atoms with Crippen molar-refractivity contribution in [3.63, 3.8) is 0 Å². The average Bonchev–Trinajstić information content (AvgIpc) is 2.67. The molecular formula is C17H31N5O8. The van der Waals surface area contributed by atoms with Crippen LogP contribution in [0.3, 0.4) is 0 Å². The molecule has 4 amide bonds. The monoisotopic (exact) mass is 433 g/mol. The summed E-state index contributed by atoms with van der Waals surface area (Å²) in [6.07, 6.45) is -1.44. The zero-order valence-electron chi connectivity index (χ0n) is 17.1. The molecule has 0 aromatic heterocycles. The van der Waals surface area contributed by atoms with Gasteiger partial charge in [0.15, 0.2) is 0 Å². The second kappa shape index (κ2) is 12.7. The van der Waals surface area contributed by atoms with Crippen LogP contribution in [0, 0.1) is 5.92 Å². The second-order valence-corrected chi connectivity index (χ2v) is 6.95. The molecule has 0 saturated heterocycles. The summed E-state index contributed by atoms with van der Waals surface area (Å²) in [5.74, 6) is -5.61. The molecule has 0 spiro atoms. The molecule has 10 N–H and O–H groups in total. The van der Waals surface area contributed by atoms with Crippen molar-refractivity contribution in [3.8, 4) is 0 Å². The van der Waals surface area contributed by atoms with Gasteiger partial charge in [0.25, 0.3) is 0 Å². The minimum Gasteiger partial charge on any atom is -0.480 e. The van der Waals surface area contributed by atoms with Crippen LogP contribution in [0.15, 0.2) is 0 Å². The van der Waals surface area contributed by atoms with E-state index in [1.54, 1.807) is 13.8 Å². The Morgan fingerprint density at radius 3 is 1.83 bits per heavy atom. The number of amides is 4. The Balaban J connectivity index is 5.32. The number of hydrogen-bond acceptors (Lipinski definition) is 8. The summed E-state index contributed by atoms with van der Waals surface area (Å²) in [6, 6.07) is -5.73. The first-order valence-corrected chi connectivity index (χ1v) is 9.32. The molecule has 13 nitrogen and oxygen atoms in total. The molecule has 0 bridgehead atoms. The van der Waals surface area contributed by atoms with Gasteiger partial charge in [-0.25, -0.2) is 4.79 Å². The Morgan fingerprint density at radius 2 is 1.43 bits per heavy atom. The zero-order valence-corrected chi connectivity index (χ0v) is 17.1. The highest BCUT2D eigenvalue weighted by Crippen LogP contribution is 2.08. The van der Waals surface area contributed by atoms with Crippen molar-refractivity contribution in [2.45, 2.75) is 63.9 Å². The molecule has 0 aliphatic heterocycles. The van der Waals surface area contributed by atoms with Crippen LogP contribution < -0.4 is 27.4 Å². The quantitative estimate of drug-likeness (QED) is 0.142.